The van der Waals surface area contributed by atoms with Gasteiger partial charge in [-0.2, -0.15) is 5.10 Å². The van der Waals surface area contributed by atoms with Crippen LogP contribution < -0.4 is 15.8 Å². The number of nitrogens with zero attached hydrogens (tertiary/aromatic N) is 3. The molecule has 1 aliphatic heterocycles. The van der Waals surface area contributed by atoms with E-state index < -0.39 is 0 Å². The molecule has 0 saturated carbocycles. The third-order valence-electron chi connectivity index (χ3n) is 4.15. The maximum Gasteiger partial charge on any atom is 0.268 e. The Hall–Kier alpha value is -2.63. The van der Waals surface area contributed by atoms with Crippen molar-refractivity contribution >= 4 is 17.3 Å². The number of piperidine rings is 1. The van der Waals surface area contributed by atoms with E-state index in [2.05, 4.69) is 15.3 Å². The molecule has 1 saturated heterocycles. The van der Waals surface area contributed by atoms with Crippen LogP contribution in [0.4, 0.5) is 11.4 Å². The standard InChI is InChI=1S/C17H20N4O2/c1-20-16(22)10-15(11-18-20)21-9-5-6-13(12-21)17(23)19-14-7-3-2-4-8-14/h2-4,7-8,10-11,13H,5-6,9,12H2,1H3,(H,19,23)/t13-/m1/s1. The van der Waals surface area contributed by atoms with Crippen molar-refractivity contribution < 1.29 is 4.79 Å². The molecule has 2 heterocycles. The van der Waals surface area contributed by atoms with Gasteiger partial charge in [-0.15, -0.1) is 0 Å². The van der Waals surface area contributed by atoms with E-state index in [1.807, 2.05) is 30.3 Å². The average Bonchev–Trinajstić information content (AvgIpc) is 2.58. The zero-order valence-corrected chi connectivity index (χ0v) is 13.1. The summed E-state index contributed by atoms with van der Waals surface area (Å²) < 4.78 is 1.30. The maximum absolute atomic E-state index is 12.4. The third kappa shape index (κ3) is 3.59. The molecule has 2 aromatic rings. The lowest BCUT2D eigenvalue weighted by molar-refractivity contribution is -0.120. The molecule has 6 heteroatoms. The molecule has 1 amide bonds. The van der Waals surface area contributed by atoms with Crippen molar-refractivity contribution in [3.8, 4) is 0 Å². The van der Waals surface area contributed by atoms with Gasteiger partial charge in [-0.3, -0.25) is 9.59 Å². The molecule has 1 N–H and O–H groups in total. The fourth-order valence-electron chi connectivity index (χ4n) is 2.82. The number of anilines is 2. The summed E-state index contributed by atoms with van der Waals surface area (Å²) in [5.41, 5.74) is 1.45. The molecule has 0 radical (unpaired) electrons. The molecule has 0 bridgehead atoms. The van der Waals surface area contributed by atoms with E-state index in [4.69, 9.17) is 0 Å². The van der Waals surface area contributed by atoms with Crippen LogP contribution in [0.3, 0.4) is 0 Å². The van der Waals surface area contributed by atoms with Gasteiger partial charge in [0, 0.05) is 31.9 Å². The molecule has 120 valence electrons. The minimum absolute atomic E-state index is 0.0256. The highest BCUT2D eigenvalue weighted by Crippen LogP contribution is 2.22. The number of carbonyl (C=O) groups excluding carboxylic acids is 1. The van der Waals surface area contributed by atoms with Crippen molar-refractivity contribution in [2.45, 2.75) is 12.8 Å². The number of amides is 1. The van der Waals surface area contributed by atoms with Crippen LogP contribution >= 0.6 is 0 Å². The van der Waals surface area contributed by atoms with E-state index in [9.17, 15) is 9.59 Å². The Bertz CT molecular complexity index is 742. The fourth-order valence-corrected chi connectivity index (χ4v) is 2.82. The Morgan fingerprint density at radius 2 is 2.09 bits per heavy atom. The molecular weight excluding hydrogens is 292 g/mol. The van der Waals surface area contributed by atoms with Crippen molar-refractivity contribution in [2.24, 2.45) is 13.0 Å². The van der Waals surface area contributed by atoms with Gasteiger partial charge in [0.15, 0.2) is 0 Å². The number of aryl methyl sites for hydroxylation is 1. The van der Waals surface area contributed by atoms with Crippen LogP contribution in [0.15, 0.2) is 47.4 Å². The second-order valence-electron chi connectivity index (χ2n) is 5.82. The predicted molar refractivity (Wildman–Crippen MR) is 89.5 cm³/mol. The van der Waals surface area contributed by atoms with Crippen LogP contribution in [-0.2, 0) is 11.8 Å². The Balaban J connectivity index is 1.69. The van der Waals surface area contributed by atoms with E-state index in [1.165, 1.54) is 4.68 Å². The van der Waals surface area contributed by atoms with Crippen molar-refractivity contribution in [1.82, 2.24) is 9.78 Å². The van der Waals surface area contributed by atoms with E-state index in [-0.39, 0.29) is 17.4 Å². The first-order chi connectivity index (χ1) is 11.1. The number of para-hydroxylation sites is 1. The van der Waals surface area contributed by atoms with Gasteiger partial charge in [0.1, 0.15) is 0 Å². The molecule has 0 unspecified atom stereocenters. The van der Waals surface area contributed by atoms with Crippen LogP contribution in [-0.4, -0.2) is 28.8 Å². The first-order valence-electron chi connectivity index (χ1n) is 7.78. The first kappa shape index (κ1) is 15.3. The molecule has 1 aliphatic rings. The summed E-state index contributed by atoms with van der Waals surface area (Å²) in [6, 6.07) is 11.0. The summed E-state index contributed by atoms with van der Waals surface area (Å²) in [6.07, 6.45) is 3.45. The zero-order chi connectivity index (χ0) is 16.2. The van der Waals surface area contributed by atoms with Crippen LogP contribution in [0.2, 0.25) is 0 Å². The van der Waals surface area contributed by atoms with Gasteiger partial charge in [-0.1, -0.05) is 18.2 Å². The van der Waals surface area contributed by atoms with Crippen LogP contribution in [0.5, 0.6) is 0 Å². The molecule has 0 aliphatic carbocycles. The first-order valence-corrected chi connectivity index (χ1v) is 7.78. The van der Waals surface area contributed by atoms with Gasteiger partial charge < -0.3 is 10.2 Å². The molecular formula is C17H20N4O2. The van der Waals surface area contributed by atoms with Gasteiger partial charge in [0.25, 0.3) is 5.56 Å². The highest BCUT2D eigenvalue weighted by molar-refractivity contribution is 5.93. The van der Waals surface area contributed by atoms with Gasteiger partial charge in [-0.05, 0) is 25.0 Å². The molecule has 23 heavy (non-hydrogen) atoms. The Kier molecular flexibility index (Phi) is 4.41. The van der Waals surface area contributed by atoms with E-state index in [1.54, 1.807) is 19.3 Å². The zero-order valence-electron chi connectivity index (χ0n) is 13.1. The minimum atomic E-state index is -0.140. The number of hydrogen-bond donors (Lipinski definition) is 1. The predicted octanol–water partition coefficient (Wildman–Crippen LogP) is 1.64. The molecule has 0 spiro atoms. The Morgan fingerprint density at radius 1 is 1.30 bits per heavy atom. The summed E-state index contributed by atoms with van der Waals surface area (Å²) in [5, 5.41) is 7.01. The Morgan fingerprint density at radius 3 is 2.83 bits per heavy atom. The molecule has 3 rings (SSSR count). The van der Waals surface area contributed by atoms with E-state index in [0.29, 0.717) is 6.54 Å². The summed E-state index contributed by atoms with van der Waals surface area (Å²) >= 11 is 0. The second kappa shape index (κ2) is 6.64. The molecule has 1 aromatic heterocycles. The molecule has 1 aromatic carbocycles. The summed E-state index contributed by atoms with van der Waals surface area (Å²) in [4.78, 5) is 26.2. The number of carbonyl (C=O) groups is 1. The van der Waals surface area contributed by atoms with Crippen LogP contribution in [0, 0.1) is 5.92 Å². The quantitative estimate of drug-likeness (QED) is 0.935. The summed E-state index contributed by atoms with van der Waals surface area (Å²) in [7, 11) is 1.62. The maximum atomic E-state index is 12.4. The smallest absolute Gasteiger partial charge is 0.268 e. The summed E-state index contributed by atoms with van der Waals surface area (Å²) in [6.45, 7) is 1.44. The van der Waals surface area contributed by atoms with Crippen LogP contribution in [0.1, 0.15) is 12.8 Å². The lowest BCUT2D eigenvalue weighted by Gasteiger charge is -2.33. The minimum Gasteiger partial charge on any atom is -0.369 e. The van der Waals surface area contributed by atoms with Crippen LogP contribution in [0.25, 0.3) is 0 Å². The second-order valence-corrected chi connectivity index (χ2v) is 5.82. The van der Waals surface area contributed by atoms with Gasteiger partial charge in [0.2, 0.25) is 5.91 Å². The SMILES string of the molecule is Cn1ncc(N2CCC[C@@H](C(=O)Nc3ccccc3)C2)cc1=O. The molecule has 1 atom stereocenters. The monoisotopic (exact) mass is 312 g/mol. The summed E-state index contributed by atoms with van der Waals surface area (Å²) in [5.74, 6) is -0.0642. The lowest BCUT2D eigenvalue weighted by atomic mass is 9.96. The Labute approximate surface area is 134 Å². The largest absolute Gasteiger partial charge is 0.369 e. The van der Waals surface area contributed by atoms with Crippen molar-refractivity contribution in [3.05, 3.63) is 52.9 Å². The van der Waals surface area contributed by atoms with Crippen molar-refractivity contribution in [2.75, 3.05) is 23.3 Å². The fraction of sp³-hybridized carbons (Fsp3) is 0.353. The number of hydrogen-bond acceptors (Lipinski definition) is 4. The number of benzene rings is 1. The highest BCUT2D eigenvalue weighted by atomic mass is 16.2. The van der Waals surface area contributed by atoms with Crippen molar-refractivity contribution in [1.29, 1.82) is 0 Å². The van der Waals surface area contributed by atoms with Gasteiger partial charge in [0.05, 0.1) is 17.8 Å². The van der Waals surface area contributed by atoms with Crippen molar-refractivity contribution in [3.63, 3.8) is 0 Å². The van der Waals surface area contributed by atoms with Gasteiger partial charge in [-0.25, -0.2) is 4.68 Å². The third-order valence-corrected chi connectivity index (χ3v) is 4.15. The number of aromatic nitrogens is 2. The van der Waals surface area contributed by atoms with Gasteiger partial charge >= 0.3 is 0 Å². The highest BCUT2D eigenvalue weighted by Gasteiger charge is 2.26. The molecule has 1 fully saturated rings. The number of nitrogens with one attached hydrogen (secondary N) is 1. The normalized spacial score (nSPS) is 17.8. The topological polar surface area (TPSA) is 67.2 Å². The van der Waals surface area contributed by atoms with E-state index >= 15 is 0 Å². The number of rotatable bonds is 3. The average molecular weight is 312 g/mol. The van der Waals surface area contributed by atoms with E-state index in [0.717, 1.165) is 30.8 Å². The molecule has 6 nitrogen and oxygen atoms in total. The lowest BCUT2D eigenvalue weighted by Crippen LogP contribution is -2.41.